The number of non-ortho nitro benzene ring substituents is 1. The van der Waals surface area contributed by atoms with Crippen molar-refractivity contribution in [3.8, 4) is 11.3 Å². The maximum absolute atomic E-state index is 10.6. The molecule has 1 aromatic carbocycles. The van der Waals surface area contributed by atoms with E-state index >= 15 is 0 Å². The second-order valence-electron chi connectivity index (χ2n) is 3.18. The van der Waals surface area contributed by atoms with E-state index in [1.165, 1.54) is 12.1 Å². The average molecular weight is 307 g/mol. The van der Waals surface area contributed by atoms with Crippen LogP contribution in [0.4, 0.5) is 10.8 Å². The van der Waals surface area contributed by atoms with E-state index in [9.17, 15) is 18.9 Å². The van der Waals surface area contributed by atoms with Gasteiger partial charge in [-0.25, -0.2) is 4.98 Å². The van der Waals surface area contributed by atoms with E-state index in [1.54, 1.807) is 17.5 Å². The summed E-state index contributed by atoms with van der Waals surface area (Å²) in [6, 6.07) is 5.97. The van der Waals surface area contributed by atoms with Crippen LogP contribution >= 0.6 is 11.3 Å². The molecule has 1 heterocycles. The van der Waals surface area contributed by atoms with Crippen LogP contribution in [0.15, 0.2) is 29.6 Å². The zero-order valence-corrected chi connectivity index (χ0v) is 13.4. The minimum absolute atomic E-state index is 0. The number of nitro benzene ring substituents is 1. The first-order chi connectivity index (χ1) is 8.56. The molecule has 0 fully saturated rings. The van der Waals surface area contributed by atoms with Crippen LogP contribution in [-0.4, -0.2) is 48.2 Å². The summed E-state index contributed by atoms with van der Waals surface area (Å²) >= 11 is -1.33. The Balaban J connectivity index is 0.00000180. The van der Waals surface area contributed by atoms with Gasteiger partial charge in [-0.15, -0.1) is 11.3 Å². The van der Waals surface area contributed by atoms with Crippen LogP contribution in [0.2, 0.25) is 0 Å². The molecule has 95 valence electrons. The van der Waals surface area contributed by atoms with Crippen molar-refractivity contribution in [2.45, 2.75) is 0 Å². The van der Waals surface area contributed by atoms with Gasteiger partial charge >= 0.3 is 0 Å². The quantitative estimate of drug-likeness (QED) is 0.399. The minimum Gasteiger partial charge on any atom is -0.755 e. The fourth-order valence-corrected chi connectivity index (χ4v) is 2.45. The Morgan fingerprint density at radius 2 is 2.16 bits per heavy atom. The number of benzene rings is 1. The van der Waals surface area contributed by atoms with Crippen molar-refractivity contribution in [2.24, 2.45) is 0 Å². The smallest absolute Gasteiger partial charge is 0.270 e. The maximum atomic E-state index is 10.6. The molecule has 0 spiro atoms. The van der Waals surface area contributed by atoms with E-state index in [1.807, 2.05) is 0 Å². The van der Waals surface area contributed by atoms with E-state index in [-0.39, 0.29) is 40.4 Å². The summed E-state index contributed by atoms with van der Waals surface area (Å²) in [5.74, 6) is 0. The van der Waals surface area contributed by atoms with Crippen molar-refractivity contribution in [3.05, 3.63) is 39.8 Å². The Kier molecular flexibility index (Phi) is 6.04. The molecule has 7 nitrogen and oxygen atoms in total. The van der Waals surface area contributed by atoms with Gasteiger partial charge in [0.05, 0.1) is 10.6 Å². The van der Waals surface area contributed by atoms with Gasteiger partial charge in [-0.2, -0.15) is 0 Å². The van der Waals surface area contributed by atoms with E-state index in [4.69, 9.17) is 0 Å². The van der Waals surface area contributed by atoms with Crippen LogP contribution in [0, 0.1) is 10.1 Å². The van der Waals surface area contributed by atoms with Crippen molar-refractivity contribution in [1.82, 2.24) is 4.98 Å². The maximum Gasteiger partial charge on any atom is 0.270 e. The van der Waals surface area contributed by atoms with Crippen molar-refractivity contribution in [2.75, 3.05) is 4.72 Å². The van der Waals surface area contributed by atoms with Crippen LogP contribution in [0.5, 0.6) is 0 Å². The SMILES string of the molecule is O=[N+]([O-])c1cccc(-c2csc(NS(=O)[O-])n2)c1.[Na]. The summed E-state index contributed by atoms with van der Waals surface area (Å²) in [5, 5.41) is 12.5. The summed E-state index contributed by atoms with van der Waals surface area (Å²) in [6.07, 6.45) is 0. The largest absolute Gasteiger partial charge is 0.755 e. The molecule has 1 atom stereocenters. The molecule has 0 saturated carbocycles. The van der Waals surface area contributed by atoms with Crippen LogP contribution in [0.25, 0.3) is 11.3 Å². The fraction of sp³-hybridized carbons (Fsp3) is 0. The molecule has 1 aromatic heterocycles. The standard InChI is InChI=1S/C9H7N3O4S2.Na/c13-12(14)7-3-1-2-6(4-7)8-5-17-9(10-8)11-18(15)16;/h1-5H,(H,10,11)(H,15,16);/p-1. The molecule has 10 heteroatoms. The first kappa shape index (κ1) is 16.2. The molecule has 1 N–H and O–H groups in total. The third kappa shape index (κ3) is 4.34. The summed E-state index contributed by atoms with van der Waals surface area (Å²) in [6.45, 7) is 0. The molecule has 2 aromatic rings. The van der Waals surface area contributed by atoms with Crippen molar-refractivity contribution in [3.63, 3.8) is 0 Å². The third-order valence-corrected chi connectivity index (χ3v) is 3.27. The molecule has 0 amide bonds. The summed E-state index contributed by atoms with van der Waals surface area (Å²) in [4.78, 5) is 14.1. The van der Waals surface area contributed by atoms with Gasteiger partial charge in [-0.1, -0.05) is 12.1 Å². The van der Waals surface area contributed by atoms with Gasteiger partial charge in [0.2, 0.25) is 0 Å². The van der Waals surface area contributed by atoms with E-state index in [0.717, 1.165) is 11.3 Å². The second-order valence-corrected chi connectivity index (χ2v) is 4.71. The number of hydrogen-bond donors (Lipinski definition) is 1. The molecular weight excluding hydrogens is 301 g/mol. The van der Waals surface area contributed by atoms with Gasteiger partial charge in [-0.05, 0) is 0 Å². The van der Waals surface area contributed by atoms with E-state index < -0.39 is 16.2 Å². The number of nitrogens with zero attached hydrogens (tertiary/aromatic N) is 2. The van der Waals surface area contributed by atoms with Gasteiger partial charge in [0, 0.05) is 63.9 Å². The predicted octanol–water partition coefficient (Wildman–Crippen LogP) is 1.54. The molecule has 0 saturated heterocycles. The zero-order chi connectivity index (χ0) is 13.1. The van der Waals surface area contributed by atoms with Crippen molar-refractivity contribution in [1.29, 1.82) is 0 Å². The van der Waals surface area contributed by atoms with E-state index in [0.29, 0.717) is 11.3 Å². The molecular formula is C9H6N3NaO4S2-. The summed E-state index contributed by atoms with van der Waals surface area (Å²) < 4.78 is 23.0. The number of thiazole rings is 1. The molecule has 0 aliphatic carbocycles. The number of nitro groups is 1. The molecule has 0 aliphatic rings. The van der Waals surface area contributed by atoms with Crippen LogP contribution in [0.3, 0.4) is 0 Å². The Bertz CT molecular complexity index is 619. The summed E-state index contributed by atoms with van der Waals surface area (Å²) in [7, 11) is 0. The first-order valence-corrected chi connectivity index (χ1v) is 6.58. The Morgan fingerprint density at radius 1 is 1.42 bits per heavy atom. The molecule has 1 radical (unpaired) electrons. The van der Waals surface area contributed by atoms with Gasteiger partial charge in [-0.3, -0.25) is 19.0 Å². The number of anilines is 1. The van der Waals surface area contributed by atoms with Gasteiger partial charge in [0.1, 0.15) is 0 Å². The second kappa shape index (κ2) is 7.08. The average Bonchev–Trinajstić information content (AvgIpc) is 2.77. The van der Waals surface area contributed by atoms with Crippen LogP contribution in [-0.2, 0) is 11.3 Å². The number of hydrogen-bond acceptors (Lipinski definition) is 6. The Labute approximate surface area is 136 Å². The zero-order valence-electron chi connectivity index (χ0n) is 9.73. The van der Waals surface area contributed by atoms with Gasteiger partial charge in [0.25, 0.3) is 5.69 Å². The predicted molar refractivity (Wildman–Crippen MR) is 72.5 cm³/mol. The number of rotatable bonds is 4. The Morgan fingerprint density at radius 3 is 2.79 bits per heavy atom. The molecule has 0 aliphatic heterocycles. The summed E-state index contributed by atoms with van der Waals surface area (Å²) in [5.41, 5.74) is 1.00. The number of nitrogens with one attached hydrogen (secondary N) is 1. The minimum atomic E-state index is -2.43. The molecule has 1 unspecified atom stereocenters. The first-order valence-electron chi connectivity index (χ1n) is 4.62. The molecule has 2 rings (SSSR count). The number of aromatic nitrogens is 1. The fourth-order valence-electron chi connectivity index (χ4n) is 1.30. The van der Waals surface area contributed by atoms with Gasteiger partial charge in [0.15, 0.2) is 5.13 Å². The molecule has 0 bridgehead atoms. The molecule has 19 heavy (non-hydrogen) atoms. The Hall–Kier alpha value is -0.840. The van der Waals surface area contributed by atoms with Crippen LogP contribution in [0.1, 0.15) is 0 Å². The van der Waals surface area contributed by atoms with E-state index in [2.05, 4.69) is 9.71 Å². The van der Waals surface area contributed by atoms with Crippen molar-refractivity contribution < 1.29 is 13.7 Å². The monoisotopic (exact) mass is 307 g/mol. The normalized spacial score (nSPS) is 11.4. The van der Waals surface area contributed by atoms with Crippen LogP contribution < -0.4 is 4.72 Å². The third-order valence-electron chi connectivity index (χ3n) is 2.03. The van der Waals surface area contributed by atoms with Crippen molar-refractivity contribution >= 4 is 63.0 Å². The van der Waals surface area contributed by atoms with Gasteiger partial charge < -0.3 is 4.55 Å². The topological polar surface area (TPSA) is 108 Å².